The van der Waals surface area contributed by atoms with Crippen molar-refractivity contribution in [3.05, 3.63) is 92.4 Å². The third kappa shape index (κ3) is 5.81. The predicted octanol–water partition coefficient (Wildman–Crippen LogP) is 5.97. The summed E-state index contributed by atoms with van der Waals surface area (Å²) in [6.45, 7) is 1.23. The van der Waals surface area contributed by atoms with E-state index in [1.165, 1.54) is 5.56 Å². The number of hydrogen-bond donors (Lipinski definition) is 4. The molecule has 0 aliphatic carbocycles. The highest BCUT2D eigenvalue weighted by molar-refractivity contribution is 6.42. The molecule has 2 atom stereocenters. The predicted molar refractivity (Wildman–Crippen MR) is 137 cm³/mol. The van der Waals surface area contributed by atoms with Crippen LogP contribution in [0, 0.1) is 0 Å². The third-order valence-corrected chi connectivity index (χ3v) is 6.69. The first kappa shape index (κ1) is 23.9. The van der Waals surface area contributed by atoms with Gasteiger partial charge in [0.25, 0.3) is 0 Å². The number of carbonyl (C=O) groups excluding carboxylic acids is 1. The average Bonchev–Trinajstić information content (AvgIpc) is 2.80. The first-order valence-corrected chi connectivity index (χ1v) is 11.9. The Balaban J connectivity index is 1.55. The fraction of sp³-hybridized carbons (Fsp3) is 0.240. The minimum atomic E-state index is -0.431. The zero-order valence-corrected chi connectivity index (χ0v) is 20.1. The van der Waals surface area contributed by atoms with E-state index in [0.717, 1.165) is 35.5 Å². The van der Waals surface area contributed by atoms with Crippen LogP contribution >= 0.6 is 34.8 Å². The van der Waals surface area contributed by atoms with E-state index in [0.29, 0.717) is 28.0 Å². The van der Waals surface area contributed by atoms with Crippen LogP contribution in [0.1, 0.15) is 35.2 Å². The van der Waals surface area contributed by atoms with Crippen LogP contribution in [0.4, 0.5) is 11.4 Å². The van der Waals surface area contributed by atoms with Crippen molar-refractivity contribution in [2.24, 2.45) is 5.73 Å². The Kier molecular flexibility index (Phi) is 7.78. The maximum Gasteiger partial charge on any atom is 0.231 e. The molecule has 0 radical (unpaired) electrons. The largest absolute Gasteiger partial charge is 0.366 e. The van der Waals surface area contributed by atoms with Crippen molar-refractivity contribution in [2.75, 3.05) is 23.7 Å². The summed E-state index contributed by atoms with van der Waals surface area (Å²) < 4.78 is 0. The van der Waals surface area contributed by atoms with Gasteiger partial charge in [0.2, 0.25) is 5.91 Å². The molecule has 0 saturated carbocycles. The molecular formula is C25H25Cl3N4O. The van der Waals surface area contributed by atoms with Gasteiger partial charge in [0.15, 0.2) is 0 Å². The Morgan fingerprint density at radius 2 is 1.88 bits per heavy atom. The molecule has 4 rings (SSSR count). The molecular weight excluding hydrogens is 479 g/mol. The lowest BCUT2D eigenvalue weighted by Gasteiger charge is -2.29. The number of anilines is 2. The highest BCUT2D eigenvalue weighted by atomic mass is 35.5. The van der Waals surface area contributed by atoms with Crippen molar-refractivity contribution in [3.63, 3.8) is 0 Å². The Morgan fingerprint density at radius 3 is 2.64 bits per heavy atom. The summed E-state index contributed by atoms with van der Waals surface area (Å²) in [5.74, 6) is -0.568. The molecule has 5 N–H and O–H groups in total. The highest BCUT2D eigenvalue weighted by Gasteiger charge is 2.23. The normalized spacial score (nSPS) is 16.1. The molecule has 0 aromatic heterocycles. The third-order valence-electron chi connectivity index (χ3n) is 5.72. The number of rotatable bonds is 7. The second-order valence-corrected chi connectivity index (χ2v) is 9.25. The number of fused-ring (bicyclic) bond motifs is 1. The quantitative estimate of drug-likeness (QED) is 0.320. The van der Waals surface area contributed by atoms with E-state index >= 15 is 0 Å². The monoisotopic (exact) mass is 502 g/mol. The number of benzene rings is 3. The van der Waals surface area contributed by atoms with Gasteiger partial charge < -0.3 is 16.4 Å². The van der Waals surface area contributed by atoms with Gasteiger partial charge in [-0.05, 0) is 78.5 Å². The van der Waals surface area contributed by atoms with Crippen LogP contribution < -0.4 is 21.7 Å². The number of carbonyl (C=O) groups is 1. The molecule has 0 bridgehead atoms. The Labute approximate surface area is 208 Å². The van der Waals surface area contributed by atoms with Gasteiger partial charge >= 0.3 is 0 Å². The average molecular weight is 504 g/mol. The lowest BCUT2D eigenvalue weighted by molar-refractivity contribution is -0.117. The topological polar surface area (TPSA) is 79.2 Å². The van der Waals surface area contributed by atoms with E-state index in [-0.39, 0.29) is 12.1 Å². The van der Waals surface area contributed by atoms with Crippen LogP contribution in [0.15, 0.2) is 60.7 Å². The van der Waals surface area contributed by atoms with Crippen LogP contribution in [-0.2, 0) is 11.2 Å². The Hall–Kier alpha value is -2.28. The molecule has 1 heterocycles. The summed E-state index contributed by atoms with van der Waals surface area (Å²) in [5.41, 5.74) is 10.5. The second-order valence-electron chi connectivity index (χ2n) is 8.00. The minimum absolute atomic E-state index is 0.0982. The van der Waals surface area contributed by atoms with E-state index in [2.05, 4.69) is 22.0 Å². The van der Waals surface area contributed by atoms with Crippen molar-refractivity contribution < 1.29 is 4.79 Å². The van der Waals surface area contributed by atoms with Gasteiger partial charge in [0.05, 0.1) is 16.0 Å². The van der Waals surface area contributed by atoms with E-state index in [4.69, 9.17) is 40.5 Å². The lowest BCUT2D eigenvalue weighted by Crippen LogP contribution is -2.35. The molecule has 1 aliphatic rings. The maximum absolute atomic E-state index is 13.2. The molecule has 0 saturated heterocycles. The van der Waals surface area contributed by atoms with Crippen molar-refractivity contribution in [1.82, 2.24) is 5.32 Å². The number of amides is 1. The van der Waals surface area contributed by atoms with Crippen molar-refractivity contribution in [2.45, 2.75) is 24.9 Å². The Morgan fingerprint density at radius 1 is 1.03 bits per heavy atom. The SMILES string of the molecule is NCCC(C(=O)Nc1ccc2c(c1)C(Nc1cccc(Cl)c1)NCC2)c1ccc(Cl)c(Cl)c1. The zero-order chi connectivity index (χ0) is 23.4. The van der Waals surface area contributed by atoms with E-state index in [9.17, 15) is 4.79 Å². The maximum atomic E-state index is 13.2. The Bertz CT molecular complexity index is 1150. The van der Waals surface area contributed by atoms with Gasteiger partial charge in [-0.15, -0.1) is 0 Å². The number of nitrogens with one attached hydrogen (secondary N) is 3. The van der Waals surface area contributed by atoms with Gasteiger partial charge in [-0.2, -0.15) is 0 Å². The molecule has 172 valence electrons. The smallest absolute Gasteiger partial charge is 0.231 e. The molecule has 1 amide bonds. The van der Waals surface area contributed by atoms with Crippen LogP contribution in [-0.4, -0.2) is 19.0 Å². The molecule has 0 fully saturated rings. The summed E-state index contributed by atoms with van der Waals surface area (Å²) in [7, 11) is 0. The summed E-state index contributed by atoms with van der Waals surface area (Å²) in [5, 5.41) is 11.6. The lowest BCUT2D eigenvalue weighted by atomic mass is 9.94. The van der Waals surface area contributed by atoms with E-state index in [1.54, 1.807) is 12.1 Å². The molecule has 0 spiro atoms. The van der Waals surface area contributed by atoms with Crippen LogP contribution in [0.25, 0.3) is 0 Å². The van der Waals surface area contributed by atoms with Crippen LogP contribution in [0.5, 0.6) is 0 Å². The second kappa shape index (κ2) is 10.8. The molecule has 1 aliphatic heterocycles. The molecule has 3 aromatic rings. The number of nitrogens with two attached hydrogens (primary N) is 1. The van der Waals surface area contributed by atoms with Crippen LogP contribution in [0.3, 0.4) is 0 Å². The summed E-state index contributed by atoms with van der Waals surface area (Å²) >= 11 is 18.4. The van der Waals surface area contributed by atoms with Crippen LogP contribution in [0.2, 0.25) is 15.1 Å². The molecule has 2 unspecified atom stereocenters. The standard InChI is InChI=1S/C25H25Cl3N4O/c26-17-2-1-3-18(13-17)31-24-21-14-19(6-4-15(21)9-11-30-24)32-25(33)20(8-10-29)16-5-7-22(27)23(28)12-16/h1-7,12-14,20,24,30-31H,8-11,29H2,(H,32,33). The fourth-order valence-electron chi connectivity index (χ4n) is 4.08. The van der Waals surface area contributed by atoms with Crippen molar-refractivity contribution in [3.8, 4) is 0 Å². The van der Waals surface area contributed by atoms with E-state index in [1.807, 2.05) is 42.5 Å². The summed E-state index contributed by atoms with van der Waals surface area (Å²) in [6, 6.07) is 18.9. The molecule has 8 heteroatoms. The first-order chi connectivity index (χ1) is 15.9. The van der Waals surface area contributed by atoms with Crippen molar-refractivity contribution in [1.29, 1.82) is 0 Å². The highest BCUT2D eigenvalue weighted by Crippen LogP contribution is 2.31. The van der Waals surface area contributed by atoms with Gasteiger partial charge in [0.1, 0.15) is 6.17 Å². The summed E-state index contributed by atoms with van der Waals surface area (Å²) in [6.07, 6.45) is 1.31. The van der Waals surface area contributed by atoms with Gasteiger partial charge in [-0.1, -0.05) is 53.0 Å². The first-order valence-electron chi connectivity index (χ1n) is 10.8. The minimum Gasteiger partial charge on any atom is -0.366 e. The van der Waals surface area contributed by atoms with E-state index < -0.39 is 5.92 Å². The fourth-order valence-corrected chi connectivity index (χ4v) is 4.58. The zero-order valence-electron chi connectivity index (χ0n) is 17.9. The van der Waals surface area contributed by atoms with Gasteiger partial charge in [0, 0.05) is 22.9 Å². The number of hydrogen-bond acceptors (Lipinski definition) is 4. The van der Waals surface area contributed by atoms with Crippen molar-refractivity contribution >= 4 is 52.1 Å². The molecule has 5 nitrogen and oxygen atoms in total. The number of halogens is 3. The molecule has 33 heavy (non-hydrogen) atoms. The summed E-state index contributed by atoms with van der Waals surface area (Å²) in [4.78, 5) is 13.2. The van der Waals surface area contributed by atoms with Gasteiger partial charge in [-0.25, -0.2) is 0 Å². The molecule has 3 aromatic carbocycles. The van der Waals surface area contributed by atoms with Gasteiger partial charge in [-0.3, -0.25) is 10.1 Å².